The average molecular weight is 352 g/mol. The SMILES string of the molecule is Cc1cccn2cc(C(=O)Nc3cnn(CC(=O)N4CCCC4)c3)nc12. The van der Waals surface area contributed by atoms with Gasteiger partial charge in [0.2, 0.25) is 5.91 Å². The molecule has 0 saturated carbocycles. The Kier molecular flexibility index (Phi) is 4.16. The highest BCUT2D eigenvalue weighted by molar-refractivity contribution is 6.03. The second-order valence-electron chi connectivity index (χ2n) is 6.52. The van der Waals surface area contributed by atoms with Crippen LogP contribution in [-0.2, 0) is 11.3 Å². The van der Waals surface area contributed by atoms with Crippen LogP contribution in [0.2, 0.25) is 0 Å². The van der Waals surface area contributed by atoms with Gasteiger partial charge in [0, 0.05) is 31.7 Å². The quantitative estimate of drug-likeness (QED) is 0.775. The van der Waals surface area contributed by atoms with Crippen LogP contribution in [0.15, 0.2) is 36.9 Å². The third-order valence-corrected chi connectivity index (χ3v) is 4.56. The van der Waals surface area contributed by atoms with Crippen molar-refractivity contribution in [1.29, 1.82) is 0 Å². The number of fused-ring (bicyclic) bond motifs is 1. The van der Waals surface area contributed by atoms with Crippen molar-refractivity contribution in [1.82, 2.24) is 24.1 Å². The average Bonchev–Trinajstić information content (AvgIpc) is 3.35. The van der Waals surface area contributed by atoms with E-state index in [-0.39, 0.29) is 18.4 Å². The van der Waals surface area contributed by atoms with Gasteiger partial charge in [-0.05, 0) is 31.4 Å². The first-order chi connectivity index (χ1) is 12.6. The van der Waals surface area contributed by atoms with Crippen LogP contribution < -0.4 is 5.32 Å². The maximum Gasteiger partial charge on any atom is 0.275 e. The normalized spacial score (nSPS) is 14.1. The summed E-state index contributed by atoms with van der Waals surface area (Å²) in [4.78, 5) is 30.8. The highest BCUT2D eigenvalue weighted by Crippen LogP contribution is 2.13. The number of hydrogen-bond acceptors (Lipinski definition) is 4. The van der Waals surface area contributed by atoms with E-state index in [0.717, 1.165) is 37.1 Å². The summed E-state index contributed by atoms with van der Waals surface area (Å²) in [5.41, 5.74) is 2.63. The van der Waals surface area contributed by atoms with E-state index >= 15 is 0 Å². The third kappa shape index (κ3) is 3.17. The fourth-order valence-electron chi connectivity index (χ4n) is 3.18. The first-order valence-electron chi connectivity index (χ1n) is 8.66. The number of anilines is 1. The van der Waals surface area contributed by atoms with Gasteiger partial charge in [0.1, 0.15) is 17.9 Å². The summed E-state index contributed by atoms with van der Waals surface area (Å²) >= 11 is 0. The van der Waals surface area contributed by atoms with Gasteiger partial charge < -0.3 is 14.6 Å². The lowest BCUT2D eigenvalue weighted by atomic mass is 10.3. The number of carbonyl (C=O) groups is 2. The minimum Gasteiger partial charge on any atom is -0.341 e. The maximum absolute atomic E-state index is 12.4. The number of aromatic nitrogens is 4. The van der Waals surface area contributed by atoms with Crippen molar-refractivity contribution in [2.75, 3.05) is 18.4 Å². The lowest BCUT2D eigenvalue weighted by molar-refractivity contribution is -0.130. The molecule has 1 fully saturated rings. The zero-order chi connectivity index (χ0) is 18.1. The summed E-state index contributed by atoms with van der Waals surface area (Å²) in [6, 6.07) is 3.86. The summed E-state index contributed by atoms with van der Waals surface area (Å²) < 4.78 is 3.37. The third-order valence-electron chi connectivity index (χ3n) is 4.56. The molecule has 3 aromatic rings. The number of hydrogen-bond donors (Lipinski definition) is 1. The molecule has 8 heteroatoms. The molecule has 0 aromatic carbocycles. The maximum atomic E-state index is 12.4. The molecule has 1 saturated heterocycles. The number of likely N-dealkylation sites (tertiary alicyclic amines) is 1. The zero-order valence-electron chi connectivity index (χ0n) is 14.6. The Bertz CT molecular complexity index is 967. The van der Waals surface area contributed by atoms with E-state index in [1.54, 1.807) is 17.1 Å². The number of pyridine rings is 1. The molecule has 2 amide bonds. The topological polar surface area (TPSA) is 84.5 Å². The van der Waals surface area contributed by atoms with Crippen molar-refractivity contribution in [3.05, 3.63) is 48.2 Å². The van der Waals surface area contributed by atoms with E-state index in [0.29, 0.717) is 11.4 Å². The smallest absolute Gasteiger partial charge is 0.275 e. The van der Waals surface area contributed by atoms with Gasteiger partial charge in [-0.15, -0.1) is 0 Å². The predicted octanol–water partition coefficient (Wildman–Crippen LogP) is 1.71. The number of nitrogens with one attached hydrogen (secondary N) is 1. The second kappa shape index (κ2) is 6.62. The number of rotatable bonds is 4. The van der Waals surface area contributed by atoms with Crippen LogP contribution in [0.1, 0.15) is 28.9 Å². The number of aryl methyl sites for hydroxylation is 1. The molecule has 1 aliphatic rings. The van der Waals surface area contributed by atoms with Gasteiger partial charge in [-0.3, -0.25) is 14.3 Å². The molecule has 0 bridgehead atoms. The highest BCUT2D eigenvalue weighted by Gasteiger charge is 2.19. The van der Waals surface area contributed by atoms with Gasteiger partial charge in [-0.1, -0.05) is 6.07 Å². The highest BCUT2D eigenvalue weighted by atomic mass is 16.2. The zero-order valence-corrected chi connectivity index (χ0v) is 14.6. The van der Waals surface area contributed by atoms with Crippen molar-refractivity contribution in [3.8, 4) is 0 Å². The van der Waals surface area contributed by atoms with Crippen molar-refractivity contribution in [2.24, 2.45) is 0 Å². The monoisotopic (exact) mass is 352 g/mol. The predicted molar refractivity (Wildman–Crippen MR) is 95.9 cm³/mol. The standard InChI is InChI=1S/C18H20N6O2/c1-13-5-4-8-23-11-15(21-17(13)23)18(26)20-14-9-19-24(10-14)12-16(25)22-6-2-3-7-22/h4-5,8-11H,2-3,6-7,12H2,1H3,(H,20,26). The molecular formula is C18H20N6O2. The molecule has 26 heavy (non-hydrogen) atoms. The minimum atomic E-state index is -0.307. The molecule has 4 rings (SSSR count). The van der Waals surface area contributed by atoms with Gasteiger partial charge >= 0.3 is 0 Å². The van der Waals surface area contributed by atoms with E-state index < -0.39 is 0 Å². The molecule has 3 aromatic heterocycles. The van der Waals surface area contributed by atoms with E-state index in [1.807, 2.05) is 34.6 Å². The van der Waals surface area contributed by atoms with E-state index in [2.05, 4.69) is 15.4 Å². The summed E-state index contributed by atoms with van der Waals surface area (Å²) in [5, 5.41) is 6.94. The molecule has 0 unspecified atom stereocenters. The Labute approximate surface area is 150 Å². The van der Waals surface area contributed by atoms with Crippen LogP contribution in [0.3, 0.4) is 0 Å². The minimum absolute atomic E-state index is 0.0549. The fraction of sp³-hybridized carbons (Fsp3) is 0.333. The van der Waals surface area contributed by atoms with Gasteiger partial charge in [-0.2, -0.15) is 5.10 Å². The summed E-state index contributed by atoms with van der Waals surface area (Å²) in [7, 11) is 0. The first-order valence-corrected chi connectivity index (χ1v) is 8.66. The summed E-state index contributed by atoms with van der Waals surface area (Å²) in [6.07, 6.45) is 8.87. The van der Waals surface area contributed by atoms with E-state index in [1.165, 1.54) is 6.20 Å². The molecule has 0 radical (unpaired) electrons. The van der Waals surface area contributed by atoms with Gasteiger partial charge in [-0.25, -0.2) is 4.98 Å². The molecule has 134 valence electrons. The van der Waals surface area contributed by atoms with Crippen molar-refractivity contribution in [3.63, 3.8) is 0 Å². The second-order valence-corrected chi connectivity index (χ2v) is 6.52. The van der Waals surface area contributed by atoms with Crippen LogP contribution in [0.5, 0.6) is 0 Å². The number of imidazole rings is 1. The molecule has 0 aliphatic carbocycles. The number of carbonyl (C=O) groups excluding carboxylic acids is 2. The summed E-state index contributed by atoms with van der Waals surface area (Å²) in [6.45, 7) is 3.77. The Morgan fingerprint density at radius 1 is 1.23 bits per heavy atom. The van der Waals surface area contributed by atoms with Gasteiger partial charge in [0.05, 0.1) is 11.9 Å². The first kappa shape index (κ1) is 16.3. The molecular weight excluding hydrogens is 332 g/mol. The van der Waals surface area contributed by atoms with Crippen LogP contribution in [-0.4, -0.2) is 49.0 Å². The van der Waals surface area contributed by atoms with Crippen molar-refractivity contribution < 1.29 is 9.59 Å². The van der Waals surface area contributed by atoms with E-state index in [9.17, 15) is 9.59 Å². The largest absolute Gasteiger partial charge is 0.341 e. The Hall–Kier alpha value is -3.16. The fourth-order valence-corrected chi connectivity index (χ4v) is 3.18. The molecule has 0 atom stereocenters. The summed E-state index contributed by atoms with van der Waals surface area (Å²) in [5.74, 6) is -0.252. The van der Waals surface area contributed by atoms with Crippen LogP contribution in [0.25, 0.3) is 5.65 Å². The molecule has 8 nitrogen and oxygen atoms in total. The number of amides is 2. The van der Waals surface area contributed by atoms with Crippen LogP contribution in [0.4, 0.5) is 5.69 Å². The Morgan fingerprint density at radius 2 is 2.04 bits per heavy atom. The molecule has 4 heterocycles. The lowest BCUT2D eigenvalue weighted by Gasteiger charge is -2.14. The van der Waals surface area contributed by atoms with Crippen LogP contribution >= 0.6 is 0 Å². The Balaban J connectivity index is 1.43. The molecule has 0 spiro atoms. The van der Waals surface area contributed by atoms with E-state index in [4.69, 9.17) is 0 Å². The molecule has 1 aliphatic heterocycles. The van der Waals surface area contributed by atoms with Crippen LogP contribution in [0, 0.1) is 6.92 Å². The lowest BCUT2D eigenvalue weighted by Crippen LogP contribution is -2.31. The van der Waals surface area contributed by atoms with Gasteiger partial charge in [0.25, 0.3) is 5.91 Å². The van der Waals surface area contributed by atoms with Gasteiger partial charge in [0.15, 0.2) is 0 Å². The Morgan fingerprint density at radius 3 is 2.81 bits per heavy atom. The number of nitrogens with zero attached hydrogens (tertiary/aromatic N) is 5. The van der Waals surface area contributed by atoms with Crippen molar-refractivity contribution in [2.45, 2.75) is 26.3 Å². The molecule has 1 N–H and O–H groups in total. The van der Waals surface area contributed by atoms with Crippen molar-refractivity contribution >= 4 is 23.1 Å².